The average molecular weight is 367 g/mol. The molecule has 0 aromatic carbocycles. The van der Waals surface area contributed by atoms with E-state index in [1.54, 1.807) is 0 Å². The first-order valence-corrected chi connectivity index (χ1v) is 10.2. The second-order valence-corrected chi connectivity index (χ2v) is 7.96. The smallest absolute Gasteiger partial charge is 0.225 e. The lowest BCUT2D eigenvalue weighted by atomic mass is 9.84. The number of hydrogen-bond donors (Lipinski definition) is 1. The summed E-state index contributed by atoms with van der Waals surface area (Å²) in [5.41, 5.74) is 7.11. The van der Waals surface area contributed by atoms with E-state index in [0.29, 0.717) is 11.8 Å². The number of aromatic nitrogens is 3. The molecule has 2 aromatic heterocycles. The molecule has 0 radical (unpaired) electrons. The molecule has 144 valence electrons. The van der Waals surface area contributed by atoms with E-state index >= 15 is 0 Å². The van der Waals surface area contributed by atoms with E-state index < -0.39 is 0 Å². The average Bonchev–Trinajstić information content (AvgIpc) is 3.16. The van der Waals surface area contributed by atoms with E-state index in [1.165, 1.54) is 0 Å². The molecule has 6 nitrogen and oxygen atoms in total. The number of likely N-dealkylation sites (tertiary alicyclic amines) is 1. The van der Waals surface area contributed by atoms with Crippen molar-refractivity contribution in [3.63, 3.8) is 0 Å². The molecule has 1 aliphatic heterocycles. The normalized spacial score (nSPS) is 24.1. The SMILES string of the molecule is N[C@H]1CCC[C@@H](C(=O)N2CCC(c3nccn3Cc3ccccn3)CC2)C1. The highest BCUT2D eigenvalue weighted by Crippen LogP contribution is 2.30. The van der Waals surface area contributed by atoms with Gasteiger partial charge in [0, 0.05) is 49.6 Å². The number of carbonyl (C=O) groups is 1. The van der Waals surface area contributed by atoms with Crippen LogP contribution in [0.15, 0.2) is 36.8 Å². The molecule has 0 unspecified atom stereocenters. The van der Waals surface area contributed by atoms with Crippen molar-refractivity contribution < 1.29 is 4.79 Å². The summed E-state index contributed by atoms with van der Waals surface area (Å²) in [6.07, 6.45) is 11.7. The minimum Gasteiger partial charge on any atom is -0.342 e. The number of pyridine rings is 1. The van der Waals surface area contributed by atoms with Crippen LogP contribution < -0.4 is 5.73 Å². The molecule has 27 heavy (non-hydrogen) atoms. The first kappa shape index (κ1) is 18.2. The number of nitrogens with zero attached hydrogens (tertiary/aromatic N) is 4. The predicted molar refractivity (Wildman–Crippen MR) is 104 cm³/mol. The molecule has 2 fully saturated rings. The van der Waals surface area contributed by atoms with Crippen molar-refractivity contribution in [3.8, 4) is 0 Å². The predicted octanol–water partition coefficient (Wildman–Crippen LogP) is 2.55. The Hall–Kier alpha value is -2.21. The van der Waals surface area contributed by atoms with Gasteiger partial charge >= 0.3 is 0 Å². The lowest BCUT2D eigenvalue weighted by molar-refractivity contribution is -0.137. The minimum absolute atomic E-state index is 0.136. The number of rotatable bonds is 4. The van der Waals surface area contributed by atoms with Gasteiger partial charge in [-0.3, -0.25) is 9.78 Å². The molecule has 0 bridgehead atoms. The van der Waals surface area contributed by atoms with E-state index in [2.05, 4.69) is 19.4 Å². The van der Waals surface area contributed by atoms with Crippen molar-refractivity contribution in [1.29, 1.82) is 0 Å². The lowest BCUT2D eigenvalue weighted by Crippen LogP contribution is -2.44. The largest absolute Gasteiger partial charge is 0.342 e. The van der Waals surface area contributed by atoms with Gasteiger partial charge in [-0.05, 0) is 44.2 Å². The van der Waals surface area contributed by atoms with Gasteiger partial charge < -0.3 is 15.2 Å². The van der Waals surface area contributed by atoms with Gasteiger partial charge in [0.25, 0.3) is 0 Å². The molecule has 0 spiro atoms. The van der Waals surface area contributed by atoms with Gasteiger partial charge in [-0.1, -0.05) is 12.5 Å². The molecule has 1 aliphatic carbocycles. The molecule has 1 amide bonds. The zero-order chi connectivity index (χ0) is 18.6. The van der Waals surface area contributed by atoms with Gasteiger partial charge in [-0.2, -0.15) is 0 Å². The van der Waals surface area contributed by atoms with E-state index in [-0.39, 0.29) is 12.0 Å². The van der Waals surface area contributed by atoms with Gasteiger partial charge in [0.05, 0.1) is 12.2 Å². The fraction of sp³-hybridized carbons (Fsp3) is 0.571. The summed E-state index contributed by atoms with van der Waals surface area (Å²) in [5.74, 6) is 1.98. The Morgan fingerprint density at radius 3 is 2.70 bits per heavy atom. The summed E-state index contributed by atoms with van der Waals surface area (Å²) in [5, 5.41) is 0. The second-order valence-electron chi connectivity index (χ2n) is 7.96. The molecular formula is C21H29N5O. The third-order valence-electron chi connectivity index (χ3n) is 6.04. The summed E-state index contributed by atoms with van der Waals surface area (Å²) in [6, 6.07) is 6.19. The highest BCUT2D eigenvalue weighted by Gasteiger charge is 2.32. The maximum Gasteiger partial charge on any atom is 0.225 e. The third-order valence-corrected chi connectivity index (χ3v) is 6.04. The Morgan fingerprint density at radius 1 is 1.11 bits per heavy atom. The summed E-state index contributed by atoms with van der Waals surface area (Å²) >= 11 is 0. The number of amides is 1. The maximum atomic E-state index is 12.8. The van der Waals surface area contributed by atoms with Gasteiger partial charge in [0.1, 0.15) is 5.82 Å². The van der Waals surface area contributed by atoms with Crippen LogP contribution >= 0.6 is 0 Å². The van der Waals surface area contributed by atoms with Crippen molar-refractivity contribution in [3.05, 3.63) is 48.3 Å². The number of carbonyl (C=O) groups excluding carboxylic acids is 1. The van der Waals surface area contributed by atoms with Gasteiger partial charge in [-0.25, -0.2) is 4.98 Å². The molecular weight excluding hydrogens is 338 g/mol. The van der Waals surface area contributed by atoms with Crippen molar-refractivity contribution in [1.82, 2.24) is 19.4 Å². The zero-order valence-corrected chi connectivity index (χ0v) is 15.8. The molecule has 2 aromatic rings. The van der Waals surface area contributed by atoms with Crippen LogP contribution in [0.2, 0.25) is 0 Å². The fourth-order valence-corrected chi connectivity index (χ4v) is 4.55. The Labute approximate surface area is 160 Å². The van der Waals surface area contributed by atoms with Crippen molar-refractivity contribution in [2.45, 2.75) is 57.0 Å². The first-order chi connectivity index (χ1) is 13.2. The van der Waals surface area contributed by atoms with Crippen LogP contribution in [0, 0.1) is 5.92 Å². The first-order valence-electron chi connectivity index (χ1n) is 10.2. The zero-order valence-electron chi connectivity index (χ0n) is 15.8. The maximum absolute atomic E-state index is 12.8. The molecule has 1 saturated heterocycles. The van der Waals surface area contributed by atoms with Crippen molar-refractivity contribution >= 4 is 5.91 Å². The summed E-state index contributed by atoms with van der Waals surface area (Å²) in [6.45, 7) is 2.40. The van der Waals surface area contributed by atoms with E-state index in [0.717, 1.165) is 69.7 Å². The topological polar surface area (TPSA) is 77.0 Å². The number of nitrogens with two attached hydrogens (primary N) is 1. The Balaban J connectivity index is 1.36. The fourth-order valence-electron chi connectivity index (χ4n) is 4.55. The Morgan fingerprint density at radius 2 is 1.96 bits per heavy atom. The number of piperidine rings is 1. The summed E-state index contributed by atoms with van der Waals surface area (Å²) in [7, 11) is 0. The molecule has 2 atom stereocenters. The molecule has 2 N–H and O–H groups in total. The van der Waals surface area contributed by atoms with Crippen LogP contribution in [-0.2, 0) is 11.3 Å². The quantitative estimate of drug-likeness (QED) is 0.901. The molecule has 3 heterocycles. The molecule has 1 saturated carbocycles. The van der Waals surface area contributed by atoms with Crippen LogP contribution in [0.25, 0.3) is 0 Å². The molecule has 6 heteroatoms. The van der Waals surface area contributed by atoms with Crippen molar-refractivity contribution in [2.24, 2.45) is 11.7 Å². The second kappa shape index (κ2) is 8.21. The summed E-state index contributed by atoms with van der Waals surface area (Å²) < 4.78 is 2.20. The third kappa shape index (κ3) is 4.21. The van der Waals surface area contributed by atoms with Crippen LogP contribution in [0.1, 0.15) is 56.0 Å². The van der Waals surface area contributed by atoms with Crippen LogP contribution in [0.3, 0.4) is 0 Å². The van der Waals surface area contributed by atoms with Crippen LogP contribution in [0.5, 0.6) is 0 Å². The van der Waals surface area contributed by atoms with Crippen LogP contribution in [0.4, 0.5) is 0 Å². The van der Waals surface area contributed by atoms with E-state index in [4.69, 9.17) is 5.73 Å². The van der Waals surface area contributed by atoms with Gasteiger partial charge in [0.15, 0.2) is 0 Å². The van der Waals surface area contributed by atoms with Gasteiger partial charge in [-0.15, -0.1) is 0 Å². The molecule has 2 aliphatic rings. The van der Waals surface area contributed by atoms with E-state index in [9.17, 15) is 4.79 Å². The standard InChI is InChI=1S/C21H29N5O/c22-18-5-3-4-17(14-18)21(27)25-11-7-16(8-12-25)20-24-10-13-26(20)15-19-6-1-2-9-23-19/h1-2,6,9-10,13,16-18H,3-5,7-8,11-12,14-15,22H2/t17-,18+/m1/s1. The van der Waals surface area contributed by atoms with Crippen molar-refractivity contribution in [2.75, 3.05) is 13.1 Å². The number of hydrogen-bond acceptors (Lipinski definition) is 4. The highest BCUT2D eigenvalue weighted by atomic mass is 16.2. The van der Waals surface area contributed by atoms with Crippen LogP contribution in [-0.4, -0.2) is 44.5 Å². The highest BCUT2D eigenvalue weighted by molar-refractivity contribution is 5.79. The summed E-state index contributed by atoms with van der Waals surface area (Å²) in [4.78, 5) is 23.9. The lowest BCUT2D eigenvalue weighted by Gasteiger charge is -2.36. The Kier molecular flexibility index (Phi) is 5.53. The van der Waals surface area contributed by atoms with Gasteiger partial charge in [0.2, 0.25) is 5.91 Å². The monoisotopic (exact) mass is 367 g/mol. The Bertz CT molecular complexity index is 751. The number of imidazole rings is 1. The van der Waals surface area contributed by atoms with E-state index in [1.807, 2.05) is 36.8 Å². The molecule has 4 rings (SSSR count). The minimum atomic E-state index is 0.136.